The highest BCUT2D eigenvalue weighted by atomic mass is 16.4. The van der Waals surface area contributed by atoms with Crippen molar-refractivity contribution in [2.45, 2.75) is 57.4 Å². The van der Waals surface area contributed by atoms with Gasteiger partial charge in [0.15, 0.2) is 0 Å². The zero-order valence-corrected chi connectivity index (χ0v) is 13.5. The summed E-state index contributed by atoms with van der Waals surface area (Å²) in [5.41, 5.74) is 0.910. The molecule has 23 heavy (non-hydrogen) atoms. The summed E-state index contributed by atoms with van der Waals surface area (Å²) in [5, 5.41) is 13.2. The van der Waals surface area contributed by atoms with E-state index in [-0.39, 0.29) is 18.4 Å². The van der Waals surface area contributed by atoms with Crippen LogP contribution in [0.15, 0.2) is 12.3 Å². The Bertz CT molecular complexity index is 563. The number of carbonyl (C=O) groups excluding carboxylic acids is 1. The molecule has 1 atom stereocenters. The van der Waals surface area contributed by atoms with Crippen LogP contribution >= 0.6 is 0 Å². The van der Waals surface area contributed by atoms with Crippen LogP contribution in [0, 0.1) is 5.92 Å². The molecule has 1 saturated carbocycles. The molecule has 1 amide bonds. The first kappa shape index (κ1) is 16.0. The Kier molecular flexibility index (Phi) is 4.98. The number of aromatic nitrogens is 2. The van der Waals surface area contributed by atoms with E-state index in [0.717, 1.165) is 44.5 Å². The second-order valence-corrected chi connectivity index (χ2v) is 6.79. The molecule has 2 fully saturated rings. The number of hydrogen-bond acceptors (Lipinski definition) is 3. The molecule has 0 aromatic carbocycles. The van der Waals surface area contributed by atoms with Crippen LogP contribution in [0.1, 0.15) is 56.6 Å². The van der Waals surface area contributed by atoms with E-state index in [2.05, 4.69) is 5.10 Å². The summed E-state index contributed by atoms with van der Waals surface area (Å²) in [4.78, 5) is 25.5. The van der Waals surface area contributed by atoms with Gasteiger partial charge in [-0.2, -0.15) is 5.10 Å². The third kappa shape index (κ3) is 3.92. The van der Waals surface area contributed by atoms with Crippen molar-refractivity contribution in [3.8, 4) is 0 Å². The molecule has 0 radical (unpaired) electrons. The van der Waals surface area contributed by atoms with E-state index in [4.69, 9.17) is 5.11 Å². The predicted molar refractivity (Wildman–Crippen MR) is 85.0 cm³/mol. The van der Waals surface area contributed by atoms with E-state index in [1.165, 1.54) is 23.9 Å². The van der Waals surface area contributed by atoms with Gasteiger partial charge in [-0.3, -0.25) is 14.3 Å². The maximum atomic E-state index is 12.7. The van der Waals surface area contributed by atoms with Gasteiger partial charge in [0.05, 0.1) is 5.69 Å². The summed E-state index contributed by atoms with van der Waals surface area (Å²) < 4.78 is 1.46. The highest BCUT2D eigenvalue weighted by molar-refractivity contribution is 5.79. The first-order chi connectivity index (χ1) is 11.1. The molecule has 2 heterocycles. The molecular formula is C17H25N3O3. The molecule has 0 spiro atoms. The molecule has 1 aromatic heterocycles. The summed E-state index contributed by atoms with van der Waals surface area (Å²) in [7, 11) is 0. The number of aliphatic carboxylic acids is 1. The zero-order valence-electron chi connectivity index (χ0n) is 13.5. The number of nitrogens with zero attached hydrogens (tertiary/aromatic N) is 3. The SMILES string of the molecule is O=C(O)Cn1ccc([C@H]2CCCN(C(=O)C3CCCCC3)C2)n1. The molecule has 1 aliphatic heterocycles. The lowest BCUT2D eigenvalue weighted by Crippen LogP contribution is -2.42. The number of piperidine rings is 1. The lowest BCUT2D eigenvalue weighted by atomic mass is 9.87. The minimum Gasteiger partial charge on any atom is -0.480 e. The summed E-state index contributed by atoms with van der Waals surface area (Å²) >= 11 is 0. The molecule has 1 saturated heterocycles. The molecule has 1 aliphatic carbocycles. The van der Waals surface area contributed by atoms with Crippen molar-refractivity contribution in [3.63, 3.8) is 0 Å². The largest absolute Gasteiger partial charge is 0.480 e. The van der Waals surface area contributed by atoms with Gasteiger partial charge < -0.3 is 10.0 Å². The molecule has 1 aromatic rings. The van der Waals surface area contributed by atoms with Crippen LogP contribution in [0.3, 0.4) is 0 Å². The first-order valence-corrected chi connectivity index (χ1v) is 8.67. The molecule has 0 bridgehead atoms. The Balaban J connectivity index is 1.62. The van der Waals surface area contributed by atoms with Crippen LogP contribution in [0.5, 0.6) is 0 Å². The van der Waals surface area contributed by atoms with Gasteiger partial charge in [-0.1, -0.05) is 19.3 Å². The summed E-state index contributed by atoms with van der Waals surface area (Å²) in [6, 6.07) is 1.89. The molecule has 0 unspecified atom stereocenters. The predicted octanol–water partition coefficient (Wildman–Crippen LogP) is 2.25. The van der Waals surface area contributed by atoms with Crippen molar-refractivity contribution >= 4 is 11.9 Å². The first-order valence-electron chi connectivity index (χ1n) is 8.67. The van der Waals surface area contributed by atoms with Gasteiger partial charge in [0.1, 0.15) is 6.54 Å². The van der Waals surface area contributed by atoms with E-state index in [9.17, 15) is 9.59 Å². The molecule has 6 nitrogen and oxygen atoms in total. The minimum absolute atomic E-state index is 0.114. The Labute approximate surface area is 136 Å². The van der Waals surface area contributed by atoms with E-state index in [0.29, 0.717) is 5.91 Å². The number of hydrogen-bond donors (Lipinski definition) is 1. The second kappa shape index (κ2) is 7.15. The lowest BCUT2D eigenvalue weighted by Gasteiger charge is -2.35. The fourth-order valence-corrected chi connectivity index (χ4v) is 3.85. The smallest absolute Gasteiger partial charge is 0.325 e. The Morgan fingerprint density at radius 2 is 1.96 bits per heavy atom. The molecule has 2 aliphatic rings. The normalized spacial score (nSPS) is 23.0. The van der Waals surface area contributed by atoms with E-state index >= 15 is 0 Å². The van der Waals surface area contributed by atoms with Gasteiger partial charge in [0.2, 0.25) is 5.91 Å². The number of carbonyl (C=O) groups is 2. The Hall–Kier alpha value is -1.85. The fraction of sp³-hybridized carbons (Fsp3) is 0.706. The average Bonchev–Trinajstić information content (AvgIpc) is 3.03. The Morgan fingerprint density at radius 1 is 1.17 bits per heavy atom. The number of rotatable bonds is 4. The van der Waals surface area contributed by atoms with Gasteiger partial charge in [-0.05, 0) is 31.7 Å². The summed E-state index contributed by atoms with van der Waals surface area (Å²) in [6.07, 6.45) is 9.40. The van der Waals surface area contributed by atoms with Gasteiger partial charge in [-0.25, -0.2) is 0 Å². The van der Waals surface area contributed by atoms with Gasteiger partial charge in [0.25, 0.3) is 0 Å². The average molecular weight is 319 g/mol. The van der Waals surface area contributed by atoms with Crippen LogP contribution < -0.4 is 0 Å². The van der Waals surface area contributed by atoms with E-state index < -0.39 is 5.97 Å². The molecule has 1 N–H and O–H groups in total. The third-order valence-electron chi connectivity index (χ3n) is 5.06. The zero-order chi connectivity index (χ0) is 16.2. The number of amides is 1. The fourth-order valence-electron chi connectivity index (χ4n) is 3.85. The van der Waals surface area contributed by atoms with Gasteiger partial charge in [-0.15, -0.1) is 0 Å². The third-order valence-corrected chi connectivity index (χ3v) is 5.06. The van der Waals surface area contributed by atoms with Crippen molar-refractivity contribution in [3.05, 3.63) is 18.0 Å². The summed E-state index contributed by atoms with van der Waals surface area (Å²) in [5.74, 6) is -0.129. The van der Waals surface area contributed by atoms with Crippen LogP contribution in [-0.4, -0.2) is 44.8 Å². The monoisotopic (exact) mass is 319 g/mol. The van der Waals surface area contributed by atoms with Crippen molar-refractivity contribution in [1.82, 2.24) is 14.7 Å². The maximum Gasteiger partial charge on any atom is 0.325 e. The van der Waals surface area contributed by atoms with Gasteiger partial charge in [0, 0.05) is 31.1 Å². The number of carboxylic acid groups (broad SMARTS) is 1. The Morgan fingerprint density at radius 3 is 2.70 bits per heavy atom. The molecular weight excluding hydrogens is 294 g/mol. The van der Waals surface area contributed by atoms with Crippen molar-refractivity contribution < 1.29 is 14.7 Å². The van der Waals surface area contributed by atoms with Gasteiger partial charge >= 0.3 is 5.97 Å². The van der Waals surface area contributed by atoms with Crippen molar-refractivity contribution in [1.29, 1.82) is 0 Å². The quantitative estimate of drug-likeness (QED) is 0.923. The van der Waals surface area contributed by atoms with Crippen molar-refractivity contribution in [2.75, 3.05) is 13.1 Å². The highest BCUT2D eigenvalue weighted by Crippen LogP contribution is 2.30. The maximum absolute atomic E-state index is 12.7. The summed E-state index contributed by atoms with van der Waals surface area (Å²) in [6.45, 7) is 1.46. The number of likely N-dealkylation sites (tertiary alicyclic amines) is 1. The molecule has 6 heteroatoms. The van der Waals surface area contributed by atoms with E-state index in [1.807, 2.05) is 11.0 Å². The standard InChI is InChI=1S/C17H25N3O3/c21-16(22)12-20-10-8-15(18-20)14-7-4-9-19(11-14)17(23)13-5-2-1-3-6-13/h8,10,13-14H,1-7,9,11-12H2,(H,21,22)/t14-/m0/s1. The molecule has 126 valence electrons. The van der Waals surface area contributed by atoms with Crippen LogP contribution in [-0.2, 0) is 16.1 Å². The number of carboxylic acids is 1. The van der Waals surface area contributed by atoms with Crippen LogP contribution in [0.25, 0.3) is 0 Å². The molecule has 3 rings (SSSR count). The van der Waals surface area contributed by atoms with Crippen LogP contribution in [0.2, 0.25) is 0 Å². The lowest BCUT2D eigenvalue weighted by molar-refractivity contribution is -0.138. The topological polar surface area (TPSA) is 75.4 Å². The second-order valence-electron chi connectivity index (χ2n) is 6.79. The van der Waals surface area contributed by atoms with E-state index in [1.54, 1.807) is 6.20 Å². The van der Waals surface area contributed by atoms with Crippen LogP contribution in [0.4, 0.5) is 0 Å². The minimum atomic E-state index is -0.891. The highest BCUT2D eigenvalue weighted by Gasteiger charge is 2.31. The van der Waals surface area contributed by atoms with Crippen molar-refractivity contribution in [2.24, 2.45) is 5.92 Å².